The number of nitrogens with two attached hydrogens (primary N) is 1. The Morgan fingerprint density at radius 1 is 1.25 bits per heavy atom. The predicted molar refractivity (Wildman–Crippen MR) is 90.0 cm³/mol. The summed E-state index contributed by atoms with van der Waals surface area (Å²) in [7, 11) is -3.86. The van der Waals surface area contributed by atoms with Gasteiger partial charge in [0, 0.05) is 0 Å². The van der Waals surface area contributed by atoms with Crippen LogP contribution in [0.4, 0.5) is 0 Å². The molecule has 152 valence electrons. The Morgan fingerprint density at radius 3 is 2.57 bits per heavy atom. The second kappa shape index (κ2) is 7.90. The first-order chi connectivity index (χ1) is 13.2. The van der Waals surface area contributed by atoms with Crippen molar-refractivity contribution in [3.8, 4) is 0 Å². The van der Waals surface area contributed by atoms with Crippen molar-refractivity contribution in [1.29, 1.82) is 0 Å². The molecular weight excluding hydrogens is 396 g/mol. The molecule has 28 heavy (non-hydrogen) atoms. The molecule has 1 aliphatic rings. The first-order valence-corrected chi connectivity index (χ1v) is 9.58. The molecule has 0 saturated carbocycles. The van der Waals surface area contributed by atoms with Crippen LogP contribution in [0.15, 0.2) is 35.4 Å². The fourth-order valence-electron chi connectivity index (χ4n) is 2.53. The summed E-state index contributed by atoms with van der Waals surface area (Å²) in [5, 5.41) is 41.6. The third-order valence-electron chi connectivity index (χ3n) is 4.06. The van der Waals surface area contributed by atoms with Gasteiger partial charge in [-0.15, -0.1) is 5.10 Å². The van der Waals surface area contributed by atoms with E-state index >= 15 is 0 Å². The number of sulfonamides is 1. The lowest BCUT2D eigenvalue weighted by Crippen LogP contribution is -2.50. The highest BCUT2D eigenvalue weighted by Gasteiger charge is 2.39. The van der Waals surface area contributed by atoms with E-state index in [-0.39, 0.29) is 29.4 Å². The molecule has 0 radical (unpaired) electrons. The minimum Gasteiger partial charge on any atom is -0.455 e. The van der Waals surface area contributed by atoms with Crippen LogP contribution in [0, 0.1) is 0 Å². The van der Waals surface area contributed by atoms with E-state index in [1.807, 2.05) is 0 Å². The fourth-order valence-corrected chi connectivity index (χ4v) is 3.05. The molecule has 0 amide bonds. The van der Waals surface area contributed by atoms with Gasteiger partial charge in [-0.2, -0.15) is 0 Å². The zero-order valence-corrected chi connectivity index (χ0v) is 15.1. The van der Waals surface area contributed by atoms with Gasteiger partial charge >= 0.3 is 5.97 Å². The van der Waals surface area contributed by atoms with Crippen molar-refractivity contribution in [2.45, 2.75) is 36.0 Å². The molecule has 4 atom stereocenters. The van der Waals surface area contributed by atoms with E-state index in [1.54, 1.807) is 0 Å². The molecule has 0 aliphatic carbocycles. The summed E-state index contributed by atoms with van der Waals surface area (Å²) >= 11 is 0. The Balaban J connectivity index is 1.60. The number of benzene rings is 1. The van der Waals surface area contributed by atoms with Crippen LogP contribution in [0.1, 0.15) is 22.3 Å². The first kappa shape index (κ1) is 20.3. The van der Waals surface area contributed by atoms with Crippen molar-refractivity contribution in [3.05, 3.63) is 41.7 Å². The van der Waals surface area contributed by atoms with E-state index in [0.29, 0.717) is 0 Å². The minimum absolute atomic E-state index is 0.114. The number of nitrogens with zero attached hydrogens (tertiary/aromatic N) is 3. The second-order valence-corrected chi connectivity index (χ2v) is 7.67. The highest BCUT2D eigenvalue weighted by molar-refractivity contribution is 7.89. The summed E-state index contributed by atoms with van der Waals surface area (Å²) in [5.74, 6) is -0.719. The van der Waals surface area contributed by atoms with Crippen LogP contribution in [0.5, 0.6) is 0 Å². The monoisotopic (exact) mass is 414 g/mol. The van der Waals surface area contributed by atoms with Gasteiger partial charge in [0.15, 0.2) is 6.23 Å². The lowest BCUT2D eigenvalue weighted by molar-refractivity contribution is -0.214. The predicted octanol–water partition coefficient (Wildman–Crippen LogP) is -2.11. The molecule has 0 bridgehead atoms. The van der Waals surface area contributed by atoms with E-state index < -0.39 is 40.5 Å². The van der Waals surface area contributed by atoms with Gasteiger partial charge in [-0.1, -0.05) is 5.21 Å². The van der Waals surface area contributed by atoms with Gasteiger partial charge in [0.25, 0.3) is 0 Å². The fraction of sp³-hybridized carbons (Fsp3) is 0.400. The Bertz CT molecular complexity index is 945. The van der Waals surface area contributed by atoms with Crippen LogP contribution in [0.3, 0.4) is 0 Å². The molecule has 1 aromatic carbocycles. The molecule has 2 aromatic rings. The Morgan fingerprint density at radius 2 is 1.93 bits per heavy atom. The minimum atomic E-state index is -3.86. The van der Waals surface area contributed by atoms with Crippen LogP contribution in [-0.4, -0.2) is 69.6 Å². The van der Waals surface area contributed by atoms with Crippen molar-refractivity contribution in [2.75, 3.05) is 6.61 Å². The topological polar surface area (TPSA) is 187 Å². The molecule has 1 saturated heterocycles. The van der Waals surface area contributed by atoms with E-state index in [2.05, 4.69) is 10.3 Å². The summed E-state index contributed by atoms with van der Waals surface area (Å²) in [6.07, 6.45) is -3.73. The molecule has 1 aromatic heterocycles. The number of primary sulfonamides is 1. The summed E-state index contributed by atoms with van der Waals surface area (Å²) in [6.45, 7) is -0.439. The van der Waals surface area contributed by atoms with Crippen LogP contribution >= 0.6 is 0 Å². The van der Waals surface area contributed by atoms with Crippen LogP contribution in [0.2, 0.25) is 0 Å². The van der Waals surface area contributed by atoms with Gasteiger partial charge in [-0.25, -0.2) is 23.0 Å². The SMILES string of the molecule is NS(=O)(=O)c1ccc(C(=O)OCc2cn([C@H]3OC[C@@H](O)[C@@H](O)[C@@H]3O)nn2)cc1. The third kappa shape index (κ3) is 4.35. The number of hydrogen-bond donors (Lipinski definition) is 4. The van der Waals surface area contributed by atoms with Crippen LogP contribution in [0.25, 0.3) is 0 Å². The molecule has 1 aliphatic heterocycles. The normalized spacial score (nSPS) is 25.4. The van der Waals surface area contributed by atoms with Crippen molar-refractivity contribution >= 4 is 16.0 Å². The number of ether oxygens (including phenoxy) is 2. The summed E-state index contributed by atoms with van der Waals surface area (Å²) < 4.78 is 33.9. The standard InChI is InChI=1S/C15H18N4O8S/c16-28(24,25)10-3-1-8(2-4-10)15(23)27-6-9-5-19(18-17-9)14-13(22)12(21)11(20)7-26-14/h1-5,11-14,20-22H,6-7H2,(H2,16,24,25)/t11-,12-,13+,14+/m1/s1. The molecule has 2 heterocycles. The molecule has 12 nitrogen and oxygen atoms in total. The summed E-state index contributed by atoms with van der Waals surface area (Å²) in [5.41, 5.74) is 0.355. The molecule has 0 spiro atoms. The van der Waals surface area contributed by atoms with Crippen molar-refractivity contribution in [1.82, 2.24) is 15.0 Å². The lowest BCUT2D eigenvalue weighted by Gasteiger charge is -2.34. The van der Waals surface area contributed by atoms with E-state index in [0.717, 1.165) is 4.68 Å². The van der Waals surface area contributed by atoms with Crippen molar-refractivity contribution < 1.29 is 38.0 Å². The number of aliphatic hydroxyl groups is 3. The highest BCUT2D eigenvalue weighted by Crippen LogP contribution is 2.23. The third-order valence-corrected chi connectivity index (χ3v) is 4.99. The Labute approximate surface area is 159 Å². The maximum absolute atomic E-state index is 12.0. The van der Waals surface area contributed by atoms with Gasteiger partial charge in [-0.05, 0) is 24.3 Å². The van der Waals surface area contributed by atoms with E-state index in [9.17, 15) is 28.5 Å². The van der Waals surface area contributed by atoms with Crippen molar-refractivity contribution in [3.63, 3.8) is 0 Å². The summed E-state index contributed by atoms with van der Waals surface area (Å²) in [6, 6.07) is 4.89. The number of aromatic nitrogens is 3. The summed E-state index contributed by atoms with van der Waals surface area (Å²) in [4.78, 5) is 11.9. The number of carbonyl (C=O) groups excluding carboxylic acids is 1. The molecule has 0 unspecified atom stereocenters. The quantitative estimate of drug-likeness (QED) is 0.394. The number of hydrogen-bond acceptors (Lipinski definition) is 10. The number of aliphatic hydroxyl groups excluding tert-OH is 3. The van der Waals surface area contributed by atoms with Crippen molar-refractivity contribution in [2.24, 2.45) is 5.14 Å². The molecule has 3 rings (SSSR count). The molecule has 1 fully saturated rings. The van der Waals surface area contributed by atoms with Crippen LogP contribution < -0.4 is 5.14 Å². The van der Waals surface area contributed by atoms with E-state index in [1.165, 1.54) is 30.5 Å². The maximum Gasteiger partial charge on any atom is 0.338 e. The average molecular weight is 414 g/mol. The lowest BCUT2D eigenvalue weighted by atomic mass is 10.0. The van der Waals surface area contributed by atoms with Gasteiger partial charge in [-0.3, -0.25) is 0 Å². The zero-order chi connectivity index (χ0) is 20.5. The van der Waals surface area contributed by atoms with E-state index in [4.69, 9.17) is 14.6 Å². The number of carbonyl (C=O) groups is 1. The van der Waals surface area contributed by atoms with Gasteiger partial charge in [0.2, 0.25) is 10.0 Å². The number of esters is 1. The van der Waals surface area contributed by atoms with Gasteiger partial charge in [0.05, 0.1) is 23.3 Å². The van der Waals surface area contributed by atoms with Gasteiger partial charge in [0.1, 0.15) is 30.6 Å². The number of rotatable bonds is 5. The Kier molecular flexibility index (Phi) is 5.74. The Hall–Kier alpha value is -2.42. The zero-order valence-electron chi connectivity index (χ0n) is 14.3. The second-order valence-electron chi connectivity index (χ2n) is 6.11. The molecular formula is C15H18N4O8S. The average Bonchev–Trinajstić information content (AvgIpc) is 3.12. The van der Waals surface area contributed by atoms with Crippen LogP contribution in [-0.2, 0) is 26.1 Å². The highest BCUT2D eigenvalue weighted by atomic mass is 32.2. The van der Waals surface area contributed by atoms with Gasteiger partial charge < -0.3 is 24.8 Å². The molecule has 13 heteroatoms. The smallest absolute Gasteiger partial charge is 0.338 e. The largest absolute Gasteiger partial charge is 0.455 e. The maximum atomic E-state index is 12.0. The molecule has 5 N–H and O–H groups in total. The first-order valence-electron chi connectivity index (χ1n) is 8.03.